The number of esters is 3. The predicted octanol–water partition coefficient (Wildman–Crippen LogP) is 9.31. The van der Waals surface area contributed by atoms with Crippen LogP contribution in [0.1, 0.15) is 42.2 Å². The maximum absolute atomic E-state index is 14.7. The van der Waals surface area contributed by atoms with Crippen LogP contribution < -0.4 is 0 Å². The van der Waals surface area contributed by atoms with Crippen molar-refractivity contribution in [3.05, 3.63) is 179 Å². The Kier molecular flexibility index (Phi) is 13.9. The third kappa shape index (κ3) is 10.5. The minimum absolute atomic E-state index is 0.115. The van der Waals surface area contributed by atoms with Gasteiger partial charge in [-0.2, -0.15) is 0 Å². The average molecular weight is 909 g/mol. The molecule has 0 bridgehead atoms. The molecule has 61 heavy (non-hydrogen) atoms. The highest BCUT2D eigenvalue weighted by atomic mass is 35.6. The van der Waals surface area contributed by atoms with Crippen molar-refractivity contribution in [2.45, 2.75) is 47.2 Å². The molecule has 2 unspecified atom stereocenters. The number of carbonyl (C=O) groups is 3. The van der Waals surface area contributed by atoms with E-state index in [4.69, 9.17) is 77.5 Å². The molecule has 1 heterocycles. The van der Waals surface area contributed by atoms with Gasteiger partial charge in [-0.15, -0.1) is 0 Å². The number of rotatable bonds is 16. The number of phosphoric acid groups is 1. The van der Waals surface area contributed by atoms with Gasteiger partial charge in [-0.05, 0) is 47.5 Å². The highest BCUT2D eigenvalue weighted by Gasteiger charge is 2.78. The second-order valence-corrected chi connectivity index (χ2v) is 17.8. The van der Waals surface area contributed by atoms with Crippen molar-refractivity contribution in [3.8, 4) is 0 Å². The molecule has 7 rings (SSSR count). The zero-order valence-electron chi connectivity index (χ0n) is 31.9. The fraction of sp³-hybridized carbons (Fsp3) is 0.227. The van der Waals surface area contributed by atoms with Gasteiger partial charge in [-0.1, -0.05) is 150 Å². The number of halogens is 3. The Hall–Kier alpha value is -5.08. The first-order chi connectivity index (χ1) is 29.3. The zero-order valence-corrected chi connectivity index (χ0v) is 35.1. The maximum Gasteiger partial charge on any atom is 0.475 e. The Bertz CT molecular complexity index is 2300. The van der Waals surface area contributed by atoms with Gasteiger partial charge >= 0.3 is 25.7 Å². The van der Waals surface area contributed by atoms with Crippen molar-refractivity contribution >= 4 is 66.4 Å². The monoisotopic (exact) mass is 907 g/mol. The minimum Gasteiger partial charge on any atom is -0.454 e. The third-order valence-electron chi connectivity index (χ3n) is 9.81. The molecule has 2 aliphatic rings. The van der Waals surface area contributed by atoms with Crippen LogP contribution in [0.3, 0.4) is 0 Å². The summed E-state index contributed by atoms with van der Waals surface area (Å²) in [6, 6.07) is 41.5. The van der Waals surface area contributed by atoms with Crippen LogP contribution in [-0.4, -0.2) is 64.4 Å². The van der Waals surface area contributed by atoms with E-state index in [-0.39, 0.29) is 29.9 Å². The van der Waals surface area contributed by atoms with Gasteiger partial charge in [-0.3, -0.25) is 19.0 Å². The van der Waals surface area contributed by atoms with Crippen molar-refractivity contribution in [2.24, 2.45) is 5.92 Å². The van der Waals surface area contributed by atoms with Gasteiger partial charge in [0.15, 0.2) is 18.3 Å². The molecule has 0 spiro atoms. The molecule has 0 radical (unpaired) electrons. The Morgan fingerprint density at radius 2 is 0.967 bits per heavy atom. The molecule has 1 N–H and O–H groups in total. The Labute approximate surface area is 365 Å². The molecule has 1 aliphatic carbocycles. The van der Waals surface area contributed by atoms with Crippen LogP contribution in [0, 0.1) is 11.3 Å². The fourth-order valence-electron chi connectivity index (χ4n) is 6.83. The van der Waals surface area contributed by atoms with Crippen molar-refractivity contribution in [1.29, 1.82) is 5.41 Å². The minimum atomic E-state index is -4.60. The number of hydrogen-bond acceptors (Lipinski definition) is 13. The Morgan fingerprint density at radius 3 is 1.39 bits per heavy atom. The molecule has 316 valence electrons. The number of ether oxygens (including phenoxy) is 5. The molecular formula is C44H37Cl3NO12P. The first-order valence-corrected chi connectivity index (χ1v) is 21.3. The van der Waals surface area contributed by atoms with Gasteiger partial charge in [0.2, 0.25) is 12.2 Å². The molecule has 1 aliphatic heterocycles. The smallest absolute Gasteiger partial charge is 0.454 e. The quantitative estimate of drug-likeness (QED) is 0.0249. The lowest BCUT2D eigenvalue weighted by Gasteiger charge is -2.54. The summed E-state index contributed by atoms with van der Waals surface area (Å²) in [5, 5.41) is 8.46. The molecule has 13 nitrogen and oxygen atoms in total. The summed E-state index contributed by atoms with van der Waals surface area (Å²) in [5.41, 5.74) is -0.382. The maximum atomic E-state index is 14.7. The fourth-order valence-corrected chi connectivity index (χ4v) is 8.16. The van der Waals surface area contributed by atoms with Crippen LogP contribution >= 0.6 is 42.6 Å². The van der Waals surface area contributed by atoms with Gasteiger partial charge in [0.05, 0.1) is 42.4 Å². The molecule has 6 atom stereocenters. The van der Waals surface area contributed by atoms with E-state index in [1.807, 2.05) is 0 Å². The highest BCUT2D eigenvalue weighted by Crippen LogP contribution is 2.59. The number of alkyl halides is 3. The number of benzene rings is 5. The Morgan fingerprint density at radius 1 is 0.574 bits per heavy atom. The van der Waals surface area contributed by atoms with Crippen molar-refractivity contribution in [2.75, 3.05) is 6.61 Å². The molecule has 5 aromatic rings. The van der Waals surface area contributed by atoms with Gasteiger partial charge in [0, 0.05) is 0 Å². The SMILES string of the molecule is N=C(O[C@H]1OC2(COP(=O)(OCc3ccccc3)OCc3ccccc3)C([C@H]1OC(=O)c1ccccc1)[C@@H](OC(=O)c1ccccc1)[C@@H]2OC(=O)c1ccccc1)C(Cl)(Cl)Cl. The molecule has 0 aromatic heterocycles. The van der Waals surface area contributed by atoms with E-state index < -0.39 is 78.1 Å². The van der Waals surface area contributed by atoms with Crippen LogP contribution in [0.25, 0.3) is 0 Å². The van der Waals surface area contributed by atoms with E-state index in [0.717, 1.165) is 0 Å². The van der Waals surface area contributed by atoms with E-state index in [1.54, 1.807) is 115 Å². The largest absolute Gasteiger partial charge is 0.475 e. The van der Waals surface area contributed by atoms with Gasteiger partial charge < -0.3 is 23.7 Å². The average Bonchev–Trinajstić information content (AvgIpc) is 3.54. The lowest BCUT2D eigenvalue weighted by atomic mass is 9.63. The normalized spacial score (nSPS) is 21.9. The van der Waals surface area contributed by atoms with Crippen molar-refractivity contribution < 1.29 is 56.2 Å². The molecule has 17 heteroatoms. The van der Waals surface area contributed by atoms with E-state index in [2.05, 4.69) is 0 Å². The van der Waals surface area contributed by atoms with Gasteiger partial charge in [-0.25, -0.2) is 18.9 Å². The molecule has 2 fully saturated rings. The lowest BCUT2D eigenvalue weighted by molar-refractivity contribution is -0.274. The summed E-state index contributed by atoms with van der Waals surface area (Å²) in [5.74, 6) is -4.84. The molecule has 5 aromatic carbocycles. The summed E-state index contributed by atoms with van der Waals surface area (Å²) < 4.78 is 60.7. The summed E-state index contributed by atoms with van der Waals surface area (Å²) in [4.78, 5) is 41.5. The number of carbonyl (C=O) groups excluding carboxylic acids is 3. The molecular weight excluding hydrogens is 872 g/mol. The summed E-state index contributed by atoms with van der Waals surface area (Å²) >= 11 is 18.1. The zero-order chi connectivity index (χ0) is 43.0. The van der Waals surface area contributed by atoms with Crippen LogP contribution in [-0.2, 0) is 55.0 Å². The lowest BCUT2D eigenvalue weighted by Crippen LogP contribution is -2.74. The van der Waals surface area contributed by atoms with Crippen molar-refractivity contribution in [3.63, 3.8) is 0 Å². The second kappa shape index (κ2) is 19.3. The van der Waals surface area contributed by atoms with Crippen LogP contribution in [0.2, 0.25) is 0 Å². The highest BCUT2D eigenvalue weighted by molar-refractivity contribution is 7.48. The number of hydrogen-bond donors (Lipinski definition) is 1. The molecule has 1 saturated heterocycles. The van der Waals surface area contributed by atoms with Crippen molar-refractivity contribution in [1.82, 2.24) is 0 Å². The van der Waals surface area contributed by atoms with Crippen LogP contribution in [0.15, 0.2) is 152 Å². The second-order valence-electron chi connectivity index (χ2n) is 13.8. The number of fused-ring (bicyclic) bond motifs is 1. The van der Waals surface area contributed by atoms with E-state index in [9.17, 15) is 18.9 Å². The van der Waals surface area contributed by atoms with Crippen LogP contribution in [0.4, 0.5) is 0 Å². The topological polar surface area (TPSA) is 166 Å². The third-order valence-corrected chi connectivity index (χ3v) is 11.7. The number of phosphoric ester groups is 1. The van der Waals surface area contributed by atoms with E-state index >= 15 is 0 Å². The standard InChI is InChI=1S/C44H37Cl3NO12P/c45-44(46,47)42(48)59-41-36(57-39(50)32-22-12-4-13-23-32)34-35(56-38(49)31-20-10-3-11-21-31)37(58-40(51)33-24-14-5-15-25-33)43(34,60-41)28-55-61(52,53-26-29-16-6-1-7-17-29)54-27-30-18-8-2-9-19-30/h1-25,34-37,41,48H,26-28H2/t34?,35-,36-,37+,41+,43?/m1/s1. The molecule has 1 saturated carbocycles. The van der Waals surface area contributed by atoms with Gasteiger partial charge in [0.25, 0.3) is 3.79 Å². The van der Waals surface area contributed by atoms with Crippen LogP contribution in [0.5, 0.6) is 0 Å². The number of nitrogens with one attached hydrogen (secondary N) is 1. The van der Waals surface area contributed by atoms with E-state index in [0.29, 0.717) is 11.1 Å². The summed E-state index contributed by atoms with van der Waals surface area (Å²) in [6.07, 6.45) is -6.41. The molecule has 0 amide bonds. The van der Waals surface area contributed by atoms with Gasteiger partial charge in [0.1, 0.15) is 5.60 Å². The first-order valence-electron chi connectivity index (χ1n) is 18.7. The Balaban J connectivity index is 1.30. The van der Waals surface area contributed by atoms with E-state index in [1.165, 1.54) is 36.4 Å². The summed E-state index contributed by atoms with van der Waals surface area (Å²) in [7, 11) is -4.60. The predicted molar refractivity (Wildman–Crippen MR) is 223 cm³/mol. The first kappa shape index (κ1) is 44.0. The summed E-state index contributed by atoms with van der Waals surface area (Å²) in [6.45, 7) is -1.19.